The van der Waals surface area contributed by atoms with Crippen LogP contribution in [0, 0.1) is 12.8 Å². The van der Waals surface area contributed by atoms with Crippen molar-refractivity contribution in [2.45, 2.75) is 107 Å². The fourth-order valence-electron chi connectivity index (χ4n) is 4.49. The Hall–Kier alpha value is -1.92. The van der Waals surface area contributed by atoms with E-state index in [1.807, 2.05) is 86.5 Å². The number of piperazine rings is 1. The van der Waals surface area contributed by atoms with Gasteiger partial charge in [-0.1, -0.05) is 54.9 Å². The van der Waals surface area contributed by atoms with Crippen LogP contribution in [0.2, 0.25) is 6.82 Å². The second-order valence-corrected chi connectivity index (χ2v) is 8.67. The average Bonchev–Trinajstić information content (AvgIpc) is 2.94. The van der Waals surface area contributed by atoms with Gasteiger partial charge < -0.3 is 5.32 Å². The maximum absolute atomic E-state index is 11.8. The Morgan fingerprint density at radius 2 is 1.57 bits per heavy atom. The van der Waals surface area contributed by atoms with E-state index in [-0.39, 0.29) is 6.03 Å². The van der Waals surface area contributed by atoms with Crippen LogP contribution in [0.3, 0.4) is 0 Å². The van der Waals surface area contributed by atoms with E-state index in [0.717, 1.165) is 42.2 Å². The molecule has 212 valence electrons. The third-order valence-electron chi connectivity index (χ3n) is 6.62. The Morgan fingerprint density at radius 3 is 2.03 bits per heavy atom. The standard InChI is InChI=1S/C12H15BN2O.C11H22N2.3C2H6.C2H4/c1-9-3-5-10(6-4-9)15-8-7-11(13-2)14-12(15)16;1-3-10-6-11(7-10)13-5-4-12-8-9(13)2;4*1-2/h3-6H,7-8H2,1-2H3,(H,14,16);9-12H,3-8H2,1-2H3;3*1-2H3;1-2H2. The fourth-order valence-corrected chi connectivity index (χ4v) is 4.49. The van der Waals surface area contributed by atoms with E-state index in [1.165, 1.54) is 44.5 Å². The first-order valence-corrected chi connectivity index (χ1v) is 14.8. The van der Waals surface area contributed by atoms with Gasteiger partial charge in [0.2, 0.25) is 0 Å². The molecule has 2 aliphatic heterocycles. The molecular weight excluding hydrogens is 455 g/mol. The van der Waals surface area contributed by atoms with E-state index in [2.05, 4.69) is 42.5 Å². The first kappa shape index (κ1) is 37.2. The molecule has 5 nitrogen and oxygen atoms in total. The number of amides is 2. The molecule has 6 heteroatoms. The van der Waals surface area contributed by atoms with Crippen LogP contribution in [0.5, 0.6) is 0 Å². The maximum Gasteiger partial charge on any atom is 0.0195 e. The zero-order valence-corrected chi connectivity index (χ0v) is 26.0. The van der Waals surface area contributed by atoms with Crippen LogP contribution in [0.25, 0.3) is 0 Å². The molecule has 0 spiro atoms. The van der Waals surface area contributed by atoms with Gasteiger partial charge in [0.05, 0.1) is 0 Å². The summed E-state index contributed by atoms with van der Waals surface area (Å²) < 4.78 is 0. The van der Waals surface area contributed by atoms with Gasteiger partial charge in [-0.3, -0.25) is 4.90 Å². The summed E-state index contributed by atoms with van der Waals surface area (Å²) in [7, 11) is 0. The van der Waals surface area contributed by atoms with E-state index < -0.39 is 0 Å². The summed E-state index contributed by atoms with van der Waals surface area (Å²) in [5, 5.41) is 6.33. The van der Waals surface area contributed by atoms with Gasteiger partial charge >= 0.3 is 95.8 Å². The zero-order valence-electron chi connectivity index (χ0n) is 26.0. The van der Waals surface area contributed by atoms with Crippen molar-refractivity contribution >= 4 is 24.2 Å². The molecule has 1 unspecified atom stereocenters. The summed E-state index contributed by atoms with van der Waals surface area (Å²) in [5.41, 5.74) is 3.17. The smallest absolute Gasteiger partial charge is 0.0195 e. The summed E-state index contributed by atoms with van der Waals surface area (Å²) in [5.74, 6) is 1.03. The molecule has 2 saturated heterocycles. The van der Waals surface area contributed by atoms with E-state index in [9.17, 15) is 4.79 Å². The van der Waals surface area contributed by atoms with E-state index >= 15 is 0 Å². The minimum atomic E-state index is -0.0387. The molecular formula is C31H59BN4O. The SMILES string of the molecule is C=C.CB=C1CCN(c2ccc(C)cc2)C(=O)N1.CC.CC.CC.CCC1CC(N2CCNCC2C)C1. The third-order valence-corrected chi connectivity index (χ3v) is 6.62. The number of rotatable bonds is 3. The Morgan fingerprint density at radius 1 is 1.00 bits per heavy atom. The Kier molecular flexibility index (Phi) is 23.4. The summed E-state index contributed by atoms with van der Waals surface area (Å²) in [6, 6.07) is 9.65. The monoisotopic (exact) mass is 514 g/mol. The number of carbonyl (C=O) groups excluding carboxylic acids is 1. The molecule has 37 heavy (non-hydrogen) atoms. The van der Waals surface area contributed by atoms with Gasteiger partial charge in [-0.05, 0) is 25.7 Å². The molecule has 3 fully saturated rings. The van der Waals surface area contributed by atoms with E-state index in [0.29, 0.717) is 0 Å². The molecule has 2 N–H and O–H groups in total. The van der Waals surface area contributed by atoms with Crippen molar-refractivity contribution in [1.82, 2.24) is 15.5 Å². The van der Waals surface area contributed by atoms with Crippen LogP contribution in [0.1, 0.15) is 86.6 Å². The van der Waals surface area contributed by atoms with Crippen molar-refractivity contribution in [3.8, 4) is 0 Å². The van der Waals surface area contributed by atoms with Crippen molar-refractivity contribution in [1.29, 1.82) is 0 Å². The van der Waals surface area contributed by atoms with Crippen LogP contribution < -0.4 is 15.5 Å². The second kappa shape index (κ2) is 23.2. The topological polar surface area (TPSA) is 47.6 Å². The van der Waals surface area contributed by atoms with Crippen LogP contribution in [-0.2, 0) is 0 Å². The molecule has 2 amide bonds. The predicted molar refractivity (Wildman–Crippen MR) is 169 cm³/mol. The molecule has 1 saturated carbocycles. The van der Waals surface area contributed by atoms with Gasteiger partial charge in [0.1, 0.15) is 0 Å². The molecule has 1 aliphatic carbocycles. The fraction of sp³-hybridized carbons (Fsp3) is 0.677. The summed E-state index contributed by atoms with van der Waals surface area (Å²) in [6.45, 7) is 33.0. The van der Waals surface area contributed by atoms with Gasteiger partial charge in [-0.15, -0.1) is 13.2 Å². The Labute approximate surface area is 231 Å². The summed E-state index contributed by atoms with van der Waals surface area (Å²) in [4.78, 5) is 16.3. The minimum absolute atomic E-state index is 0.0387. The van der Waals surface area contributed by atoms with Crippen LogP contribution >= 0.6 is 0 Å². The summed E-state index contributed by atoms with van der Waals surface area (Å²) in [6.07, 6.45) is 5.19. The van der Waals surface area contributed by atoms with Crippen molar-refractivity contribution in [3.05, 3.63) is 43.0 Å². The van der Waals surface area contributed by atoms with Gasteiger partial charge in [0.25, 0.3) is 0 Å². The van der Waals surface area contributed by atoms with E-state index in [1.54, 1.807) is 4.90 Å². The number of hydrogen-bond acceptors (Lipinski definition) is 3. The number of nitrogens with zero attached hydrogens (tertiary/aromatic N) is 2. The van der Waals surface area contributed by atoms with Crippen molar-refractivity contribution in [3.63, 3.8) is 0 Å². The van der Waals surface area contributed by atoms with Gasteiger partial charge in [-0.2, -0.15) is 0 Å². The average molecular weight is 515 g/mol. The zero-order chi connectivity index (χ0) is 28.8. The largest absolute Gasteiger partial charge is 0.314 e. The normalized spacial score (nSPS) is 23.1. The van der Waals surface area contributed by atoms with Crippen molar-refractivity contribution < 1.29 is 4.79 Å². The third kappa shape index (κ3) is 12.9. The minimum Gasteiger partial charge on any atom is -0.314 e. The van der Waals surface area contributed by atoms with Crippen LogP contribution in [0.15, 0.2) is 37.4 Å². The maximum atomic E-state index is 11.8. The van der Waals surface area contributed by atoms with E-state index in [4.69, 9.17) is 0 Å². The number of nitrogens with one attached hydrogen (secondary N) is 2. The Bertz CT molecular complexity index is 716. The molecule has 1 atom stereocenters. The molecule has 3 aliphatic rings. The van der Waals surface area contributed by atoms with Crippen molar-refractivity contribution in [2.75, 3.05) is 31.1 Å². The number of carbonyl (C=O) groups is 1. The number of benzene rings is 1. The molecule has 4 rings (SSSR count). The van der Waals surface area contributed by atoms with Gasteiger partial charge in [-0.25, -0.2) is 0 Å². The van der Waals surface area contributed by atoms with Gasteiger partial charge in [0.15, 0.2) is 0 Å². The first-order valence-electron chi connectivity index (χ1n) is 14.8. The van der Waals surface area contributed by atoms with Crippen LogP contribution in [0.4, 0.5) is 10.5 Å². The molecule has 0 radical (unpaired) electrons. The molecule has 0 bridgehead atoms. The second-order valence-electron chi connectivity index (χ2n) is 8.67. The summed E-state index contributed by atoms with van der Waals surface area (Å²) >= 11 is 0. The molecule has 0 aromatic heterocycles. The number of aryl methyl sites for hydroxylation is 1. The molecule has 1 aromatic carbocycles. The quantitative estimate of drug-likeness (QED) is 0.333. The van der Waals surface area contributed by atoms with Crippen molar-refractivity contribution in [2.24, 2.45) is 5.92 Å². The predicted octanol–water partition coefficient (Wildman–Crippen LogP) is 7.15. The molecule has 2 heterocycles. The molecule has 1 aromatic rings. The van der Waals surface area contributed by atoms with Crippen LogP contribution in [-0.4, -0.2) is 61.7 Å². The number of anilines is 1. The Balaban J connectivity index is 0. The van der Waals surface area contributed by atoms with Gasteiger partial charge in [0, 0.05) is 31.7 Å². The first-order chi connectivity index (χ1) is 18.0. The number of urea groups is 1. The number of hydrogen-bond donors (Lipinski definition) is 2.